The standard InChI is InChI=1S/C11H12Cl2N4/c1-2-14-4-8-3-11(15-6-10(8)13)17-7-9(12)5-16-17/h3,5-7,14H,2,4H2,1H3. The molecule has 0 bridgehead atoms. The van der Waals surface area contributed by atoms with Gasteiger partial charge < -0.3 is 5.32 Å². The Morgan fingerprint density at radius 1 is 1.35 bits per heavy atom. The van der Waals surface area contributed by atoms with Crippen molar-refractivity contribution >= 4 is 23.2 Å². The van der Waals surface area contributed by atoms with Gasteiger partial charge in [0.15, 0.2) is 5.82 Å². The largest absolute Gasteiger partial charge is 0.313 e. The zero-order chi connectivity index (χ0) is 12.3. The van der Waals surface area contributed by atoms with Gasteiger partial charge in [-0.15, -0.1) is 0 Å². The lowest BCUT2D eigenvalue weighted by Crippen LogP contribution is -2.13. The second-order valence-corrected chi connectivity index (χ2v) is 4.36. The molecule has 0 aliphatic heterocycles. The van der Waals surface area contributed by atoms with Crippen LogP contribution in [0.5, 0.6) is 0 Å². The van der Waals surface area contributed by atoms with Gasteiger partial charge in [-0.3, -0.25) is 0 Å². The molecule has 2 aromatic heterocycles. The van der Waals surface area contributed by atoms with Crippen LogP contribution in [0, 0.1) is 0 Å². The highest BCUT2D eigenvalue weighted by molar-refractivity contribution is 6.31. The van der Waals surface area contributed by atoms with Crippen LogP contribution in [0.3, 0.4) is 0 Å². The van der Waals surface area contributed by atoms with Crippen molar-refractivity contribution in [1.29, 1.82) is 0 Å². The van der Waals surface area contributed by atoms with E-state index in [1.165, 1.54) is 0 Å². The third-order valence-electron chi connectivity index (χ3n) is 2.27. The molecule has 0 aliphatic carbocycles. The van der Waals surface area contributed by atoms with Gasteiger partial charge in [-0.1, -0.05) is 30.1 Å². The fourth-order valence-electron chi connectivity index (χ4n) is 1.41. The first kappa shape index (κ1) is 12.4. The predicted octanol–water partition coefficient (Wildman–Crippen LogP) is 2.68. The van der Waals surface area contributed by atoms with Gasteiger partial charge in [0.2, 0.25) is 0 Å². The zero-order valence-electron chi connectivity index (χ0n) is 9.32. The normalized spacial score (nSPS) is 10.8. The van der Waals surface area contributed by atoms with Crippen LogP contribution < -0.4 is 5.32 Å². The van der Waals surface area contributed by atoms with E-state index in [1.54, 1.807) is 23.3 Å². The first-order valence-corrected chi connectivity index (χ1v) is 6.02. The van der Waals surface area contributed by atoms with E-state index < -0.39 is 0 Å². The van der Waals surface area contributed by atoms with Crippen molar-refractivity contribution in [3.05, 3.63) is 40.3 Å². The Balaban J connectivity index is 2.30. The molecular formula is C11H12Cl2N4. The summed E-state index contributed by atoms with van der Waals surface area (Å²) in [7, 11) is 0. The lowest BCUT2D eigenvalue weighted by Gasteiger charge is -2.07. The lowest BCUT2D eigenvalue weighted by molar-refractivity contribution is 0.723. The molecular weight excluding hydrogens is 259 g/mol. The monoisotopic (exact) mass is 270 g/mol. The van der Waals surface area contributed by atoms with Gasteiger partial charge in [0.05, 0.1) is 22.4 Å². The third-order valence-corrected chi connectivity index (χ3v) is 2.81. The van der Waals surface area contributed by atoms with E-state index in [2.05, 4.69) is 15.4 Å². The Bertz CT molecular complexity index is 510. The molecule has 2 rings (SSSR count). The van der Waals surface area contributed by atoms with Gasteiger partial charge in [0.25, 0.3) is 0 Å². The van der Waals surface area contributed by atoms with Crippen molar-refractivity contribution in [2.45, 2.75) is 13.5 Å². The molecule has 2 heterocycles. The van der Waals surface area contributed by atoms with Crippen LogP contribution in [0.2, 0.25) is 10.0 Å². The highest BCUT2D eigenvalue weighted by Crippen LogP contribution is 2.18. The lowest BCUT2D eigenvalue weighted by atomic mass is 10.2. The van der Waals surface area contributed by atoms with Crippen molar-refractivity contribution in [3.63, 3.8) is 0 Å². The summed E-state index contributed by atoms with van der Waals surface area (Å²) < 4.78 is 1.62. The maximum atomic E-state index is 6.07. The number of rotatable bonds is 4. The minimum absolute atomic E-state index is 0.579. The Kier molecular flexibility index (Phi) is 3.99. The van der Waals surface area contributed by atoms with E-state index in [4.69, 9.17) is 23.2 Å². The molecule has 0 aliphatic rings. The third kappa shape index (κ3) is 2.97. The highest BCUT2D eigenvalue weighted by atomic mass is 35.5. The first-order valence-electron chi connectivity index (χ1n) is 5.26. The van der Waals surface area contributed by atoms with Crippen molar-refractivity contribution in [1.82, 2.24) is 20.1 Å². The van der Waals surface area contributed by atoms with Gasteiger partial charge in [-0.25, -0.2) is 9.67 Å². The van der Waals surface area contributed by atoms with Crippen LogP contribution in [0.15, 0.2) is 24.7 Å². The maximum absolute atomic E-state index is 6.07. The summed E-state index contributed by atoms with van der Waals surface area (Å²) in [5.41, 5.74) is 0.991. The van der Waals surface area contributed by atoms with Crippen LogP contribution in [-0.4, -0.2) is 21.3 Å². The molecule has 0 unspecified atom stereocenters. The molecule has 1 N–H and O–H groups in total. The molecule has 0 aromatic carbocycles. The average molecular weight is 271 g/mol. The molecule has 0 saturated heterocycles. The van der Waals surface area contributed by atoms with Crippen molar-refractivity contribution < 1.29 is 0 Å². The van der Waals surface area contributed by atoms with Crippen LogP contribution in [0.25, 0.3) is 5.82 Å². The predicted molar refractivity (Wildman–Crippen MR) is 68.8 cm³/mol. The summed E-state index contributed by atoms with van der Waals surface area (Å²) in [4.78, 5) is 4.21. The molecule has 0 fully saturated rings. The van der Waals surface area contributed by atoms with E-state index in [0.717, 1.165) is 12.1 Å². The molecule has 6 heteroatoms. The maximum Gasteiger partial charge on any atom is 0.153 e. The van der Waals surface area contributed by atoms with Crippen molar-refractivity contribution in [2.24, 2.45) is 0 Å². The molecule has 2 aromatic rings. The van der Waals surface area contributed by atoms with E-state index >= 15 is 0 Å². The molecule has 0 spiro atoms. The van der Waals surface area contributed by atoms with Crippen LogP contribution >= 0.6 is 23.2 Å². The van der Waals surface area contributed by atoms with E-state index in [0.29, 0.717) is 22.4 Å². The summed E-state index contributed by atoms with van der Waals surface area (Å²) in [6.45, 7) is 3.64. The van der Waals surface area contributed by atoms with Crippen LogP contribution in [0.1, 0.15) is 12.5 Å². The van der Waals surface area contributed by atoms with Gasteiger partial charge in [0.1, 0.15) is 0 Å². The summed E-state index contributed by atoms with van der Waals surface area (Å²) in [5.74, 6) is 0.703. The molecule has 0 radical (unpaired) electrons. The summed E-state index contributed by atoms with van der Waals surface area (Å²) in [6.07, 6.45) is 4.90. The van der Waals surface area contributed by atoms with Gasteiger partial charge in [-0.2, -0.15) is 5.10 Å². The van der Waals surface area contributed by atoms with Crippen LogP contribution in [-0.2, 0) is 6.54 Å². The van der Waals surface area contributed by atoms with E-state index in [1.807, 2.05) is 13.0 Å². The van der Waals surface area contributed by atoms with Gasteiger partial charge in [0, 0.05) is 12.7 Å². The van der Waals surface area contributed by atoms with E-state index in [-0.39, 0.29) is 0 Å². The summed E-state index contributed by atoms with van der Waals surface area (Å²) in [6, 6.07) is 1.90. The number of halogens is 2. The Hall–Kier alpha value is -1.10. The van der Waals surface area contributed by atoms with E-state index in [9.17, 15) is 0 Å². The SMILES string of the molecule is CCNCc1cc(-n2cc(Cl)cn2)ncc1Cl. The number of nitrogens with one attached hydrogen (secondary N) is 1. The molecule has 0 atom stereocenters. The second kappa shape index (κ2) is 5.49. The molecule has 4 nitrogen and oxygen atoms in total. The average Bonchev–Trinajstić information content (AvgIpc) is 2.75. The highest BCUT2D eigenvalue weighted by Gasteiger charge is 2.05. The fourth-order valence-corrected chi connectivity index (χ4v) is 1.72. The Morgan fingerprint density at radius 2 is 2.18 bits per heavy atom. The Morgan fingerprint density at radius 3 is 2.82 bits per heavy atom. The molecule has 0 saturated carbocycles. The first-order chi connectivity index (χ1) is 8.20. The topological polar surface area (TPSA) is 42.7 Å². The zero-order valence-corrected chi connectivity index (χ0v) is 10.8. The summed E-state index contributed by atoms with van der Waals surface area (Å²) >= 11 is 11.9. The van der Waals surface area contributed by atoms with Crippen LogP contribution in [0.4, 0.5) is 0 Å². The molecule has 17 heavy (non-hydrogen) atoms. The minimum Gasteiger partial charge on any atom is -0.313 e. The number of hydrogen-bond acceptors (Lipinski definition) is 3. The van der Waals surface area contributed by atoms with Gasteiger partial charge >= 0.3 is 0 Å². The number of pyridine rings is 1. The van der Waals surface area contributed by atoms with Crippen molar-refractivity contribution in [2.75, 3.05) is 6.54 Å². The quantitative estimate of drug-likeness (QED) is 0.929. The second-order valence-electron chi connectivity index (χ2n) is 3.52. The van der Waals surface area contributed by atoms with Gasteiger partial charge in [-0.05, 0) is 18.2 Å². The number of aromatic nitrogens is 3. The molecule has 0 amide bonds. The number of hydrogen-bond donors (Lipinski definition) is 1. The number of nitrogens with zero attached hydrogens (tertiary/aromatic N) is 3. The smallest absolute Gasteiger partial charge is 0.153 e. The van der Waals surface area contributed by atoms with Crippen molar-refractivity contribution in [3.8, 4) is 5.82 Å². The summed E-state index contributed by atoms with van der Waals surface area (Å²) in [5, 5.41) is 8.54. The fraction of sp³-hybridized carbons (Fsp3) is 0.273. The Labute approximate surface area is 110 Å². The minimum atomic E-state index is 0.579. The molecule has 90 valence electrons.